The van der Waals surface area contributed by atoms with Gasteiger partial charge in [-0.05, 0) is 118 Å². The van der Waals surface area contributed by atoms with E-state index in [0.717, 1.165) is 17.1 Å². The summed E-state index contributed by atoms with van der Waals surface area (Å²) in [5, 5.41) is 7.87. The van der Waals surface area contributed by atoms with E-state index in [2.05, 4.69) is 290 Å². The molecule has 0 spiro atoms. The summed E-state index contributed by atoms with van der Waals surface area (Å²) in [4.78, 5) is 2.42. The fourth-order valence-corrected chi connectivity index (χ4v) is 14.7. The van der Waals surface area contributed by atoms with E-state index in [1.807, 2.05) is 0 Å². The molecule has 0 saturated heterocycles. The van der Waals surface area contributed by atoms with Crippen LogP contribution in [0.5, 0.6) is 0 Å². The third-order valence-corrected chi connectivity index (χ3v) is 17.8. The van der Waals surface area contributed by atoms with Gasteiger partial charge in [-0.3, -0.25) is 0 Å². The van der Waals surface area contributed by atoms with Crippen molar-refractivity contribution in [3.63, 3.8) is 0 Å². The van der Waals surface area contributed by atoms with E-state index in [9.17, 15) is 0 Å². The average molecular weight is 858 g/mol. The molecule has 0 unspecified atom stereocenters. The molecule has 0 atom stereocenters. The summed E-state index contributed by atoms with van der Waals surface area (Å²) in [7, 11) is -2.80. The van der Waals surface area contributed by atoms with E-state index < -0.39 is 8.07 Å². The number of rotatable bonds is 11. The van der Waals surface area contributed by atoms with Crippen LogP contribution in [0.4, 0.5) is 17.1 Å². The Morgan fingerprint density at radius 2 is 0.652 bits per heavy atom. The zero-order chi connectivity index (χ0) is 44.1. The molecule has 11 aromatic rings. The van der Waals surface area contributed by atoms with E-state index in [0.29, 0.717) is 0 Å². The second kappa shape index (κ2) is 18.1. The molecule has 0 N–H and O–H groups in total. The van der Waals surface area contributed by atoms with Crippen molar-refractivity contribution in [1.29, 1.82) is 0 Å². The maximum absolute atomic E-state index is 2.80. The van der Waals surface area contributed by atoms with Gasteiger partial charge in [0.15, 0.2) is 8.07 Å². The van der Waals surface area contributed by atoms with Crippen LogP contribution in [-0.4, -0.2) is 8.07 Å². The fourth-order valence-electron chi connectivity index (χ4n) is 9.91. The minimum Gasteiger partial charge on any atom is -0.311 e. The number of hydrogen-bond donors (Lipinski definition) is 0. The Balaban J connectivity index is 1.06. The molecule has 2 heteroatoms. The third kappa shape index (κ3) is 7.64. The van der Waals surface area contributed by atoms with Crippen LogP contribution in [-0.2, 0) is 0 Å². The minimum absolute atomic E-state index is 1.09. The van der Waals surface area contributed by atoms with Crippen LogP contribution < -0.4 is 25.6 Å². The zero-order valence-electron chi connectivity index (χ0n) is 36.6. The first-order valence-electron chi connectivity index (χ1n) is 22.7. The van der Waals surface area contributed by atoms with Crippen LogP contribution in [0.3, 0.4) is 0 Å². The van der Waals surface area contributed by atoms with E-state index in [1.165, 1.54) is 76.0 Å². The average Bonchev–Trinajstić information content (AvgIpc) is 3.41. The summed E-state index contributed by atoms with van der Waals surface area (Å²) in [6, 6.07) is 105. The predicted octanol–water partition coefficient (Wildman–Crippen LogP) is 14.4. The summed E-state index contributed by atoms with van der Waals surface area (Å²) in [6.07, 6.45) is 0. The van der Waals surface area contributed by atoms with Gasteiger partial charge in [-0.1, -0.05) is 243 Å². The quantitative estimate of drug-likeness (QED) is 0.0925. The summed E-state index contributed by atoms with van der Waals surface area (Å²) >= 11 is 0. The van der Waals surface area contributed by atoms with Crippen molar-refractivity contribution >= 4 is 56.7 Å². The van der Waals surface area contributed by atoms with Gasteiger partial charge in [0.05, 0.1) is 0 Å². The van der Waals surface area contributed by atoms with E-state index >= 15 is 0 Å². The lowest BCUT2D eigenvalue weighted by Gasteiger charge is -2.35. The van der Waals surface area contributed by atoms with Crippen molar-refractivity contribution in [1.82, 2.24) is 0 Å². The number of benzene rings is 11. The van der Waals surface area contributed by atoms with Crippen LogP contribution in [0.2, 0.25) is 0 Å². The number of hydrogen-bond acceptors (Lipinski definition) is 1. The van der Waals surface area contributed by atoms with E-state index in [1.54, 1.807) is 0 Å². The van der Waals surface area contributed by atoms with Gasteiger partial charge < -0.3 is 4.90 Å². The van der Waals surface area contributed by atoms with E-state index in [-0.39, 0.29) is 0 Å². The Bertz CT molecular complexity index is 3270. The van der Waals surface area contributed by atoms with Gasteiger partial charge in [-0.25, -0.2) is 0 Å². The molecule has 0 aromatic heterocycles. The van der Waals surface area contributed by atoms with Crippen LogP contribution >= 0.6 is 0 Å². The predicted molar refractivity (Wildman–Crippen MR) is 284 cm³/mol. The number of nitrogens with zero attached hydrogens (tertiary/aromatic N) is 1. The molecule has 0 heterocycles. The minimum atomic E-state index is -2.80. The van der Waals surface area contributed by atoms with Crippen molar-refractivity contribution < 1.29 is 0 Å². The lowest BCUT2D eigenvalue weighted by Crippen LogP contribution is -2.74. The van der Waals surface area contributed by atoms with Gasteiger partial charge in [0.25, 0.3) is 0 Å². The monoisotopic (exact) mass is 857 g/mol. The lowest BCUT2D eigenvalue weighted by atomic mass is 9.91. The molecule has 0 aliphatic carbocycles. The Morgan fingerprint density at radius 3 is 1.23 bits per heavy atom. The topological polar surface area (TPSA) is 3.24 Å². The molecule has 0 bridgehead atoms. The second-order valence-corrected chi connectivity index (χ2v) is 20.7. The molecule has 0 aliphatic rings. The maximum atomic E-state index is 2.46. The van der Waals surface area contributed by atoms with E-state index in [4.69, 9.17) is 0 Å². The molecule has 11 rings (SSSR count). The van der Waals surface area contributed by atoms with Crippen molar-refractivity contribution in [3.8, 4) is 44.5 Å². The highest BCUT2D eigenvalue weighted by atomic mass is 28.3. The summed E-state index contributed by atoms with van der Waals surface area (Å²) < 4.78 is 0. The standard InChI is InChI=1S/C64H47NSi/c1-6-20-49(21-7-1)63-45-40-53(46-64(63)51-22-8-2-9-23-51)48-36-41-54(42-37-48)65(55-43-38-52(39-44-55)62-35-18-25-50-24-16-17-34-61(50)62)56-26-19-33-60(47-56)66(57-27-10-3-11-28-57,58-29-12-4-13-30-58)59-31-14-5-15-32-59/h1-47H. The van der Waals surface area contributed by atoms with Gasteiger partial charge >= 0.3 is 0 Å². The van der Waals surface area contributed by atoms with Crippen molar-refractivity contribution in [2.24, 2.45) is 0 Å². The van der Waals surface area contributed by atoms with Crippen LogP contribution in [0, 0.1) is 0 Å². The Labute approximate surface area is 389 Å². The molecule has 0 aliphatic heterocycles. The van der Waals surface area contributed by atoms with Crippen LogP contribution in [0.1, 0.15) is 0 Å². The van der Waals surface area contributed by atoms with Gasteiger partial charge in [0.2, 0.25) is 0 Å². The molecule has 66 heavy (non-hydrogen) atoms. The largest absolute Gasteiger partial charge is 0.311 e. The first kappa shape index (κ1) is 40.5. The molecule has 0 fully saturated rings. The number of anilines is 3. The Hall–Kier alpha value is -8.30. The van der Waals surface area contributed by atoms with Crippen LogP contribution in [0.15, 0.2) is 285 Å². The third-order valence-electron chi connectivity index (χ3n) is 13.0. The van der Waals surface area contributed by atoms with Crippen molar-refractivity contribution in [2.75, 3.05) is 4.90 Å². The molecular formula is C64H47NSi. The van der Waals surface area contributed by atoms with Gasteiger partial charge in [0, 0.05) is 17.1 Å². The highest BCUT2D eigenvalue weighted by Crippen LogP contribution is 2.40. The second-order valence-electron chi connectivity index (χ2n) is 16.8. The first-order valence-corrected chi connectivity index (χ1v) is 24.7. The van der Waals surface area contributed by atoms with Gasteiger partial charge in [-0.15, -0.1) is 0 Å². The SMILES string of the molecule is c1ccc(-c2ccc(-c3ccc(N(c4ccc(-c5cccc6ccccc56)cc4)c4cccc([Si](c5ccccc5)(c5ccccc5)c5ccccc5)c4)cc3)cc2-c2ccccc2)cc1. The normalized spacial score (nSPS) is 11.3. The summed E-state index contributed by atoms with van der Waals surface area (Å²) in [5.41, 5.74) is 12.9. The van der Waals surface area contributed by atoms with Crippen molar-refractivity contribution in [2.45, 2.75) is 0 Å². The van der Waals surface area contributed by atoms with Crippen LogP contribution in [0.25, 0.3) is 55.3 Å². The maximum Gasteiger partial charge on any atom is 0.179 e. The Morgan fingerprint density at radius 1 is 0.227 bits per heavy atom. The highest BCUT2D eigenvalue weighted by Gasteiger charge is 2.41. The fraction of sp³-hybridized carbons (Fsp3) is 0. The molecule has 0 amide bonds. The van der Waals surface area contributed by atoms with Gasteiger partial charge in [0.1, 0.15) is 0 Å². The molecular weight excluding hydrogens is 811 g/mol. The summed E-state index contributed by atoms with van der Waals surface area (Å²) in [5.74, 6) is 0. The Kier molecular flexibility index (Phi) is 11.1. The highest BCUT2D eigenvalue weighted by molar-refractivity contribution is 7.19. The smallest absolute Gasteiger partial charge is 0.179 e. The summed E-state index contributed by atoms with van der Waals surface area (Å²) in [6.45, 7) is 0. The number of fused-ring (bicyclic) bond motifs is 1. The molecule has 1 nitrogen and oxygen atoms in total. The molecule has 11 aromatic carbocycles. The molecule has 0 radical (unpaired) electrons. The lowest BCUT2D eigenvalue weighted by molar-refractivity contribution is 1.29. The molecule has 0 saturated carbocycles. The first-order chi connectivity index (χ1) is 32.7. The molecule has 312 valence electrons. The van der Waals surface area contributed by atoms with Gasteiger partial charge in [-0.2, -0.15) is 0 Å². The zero-order valence-corrected chi connectivity index (χ0v) is 37.6. The van der Waals surface area contributed by atoms with Crippen molar-refractivity contribution in [3.05, 3.63) is 285 Å².